The first-order valence-electron chi connectivity index (χ1n) is 8.04. The van der Waals surface area contributed by atoms with Gasteiger partial charge in [-0.1, -0.05) is 24.3 Å². The lowest BCUT2D eigenvalue weighted by Crippen LogP contribution is -2.30. The van der Waals surface area contributed by atoms with E-state index >= 15 is 0 Å². The van der Waals surface area contributed by atoms with E-state index in [0.717, 1.165) is 16.9 Å². The highest BCUT2D eigenvalue weighted by molar-refractivity contribution is 5.89. The summed E-state index contributed by atoms with van der Waals surface area (Å²) in [6.07, 6.45) is 0. The van der Waals surface area contributed by atoms with Crippen LogP contribution in [0.2, 0.25) is 0 Å². The van der Waals surface area contributed by atoms with E-state index in [2.05, 4.69) is 20.8 Å². The topological polar surface area (TPSA) is 85.2 Å². The Morgan fingerprint density at radius 1 is 1.23 bits per heavy atom. The fraction of sp³-hybridized carbons (Fsp3) is 0.222. The van der Waals surface area contributed by atoms with E-state index in [4.69, 9.17) is 4.74 Å². The molecule has 8 nitrogen and oxygen atoms in total. The van der Waals surface area contributed by atoms with Gasteiger partial charge >= 0.3 is 6.03 Å². The number of benzene rings is 2. The summed E-state index contributed by atoms with van der Waals surface area (Å²) in [6, 6.07) is 14.8. The fourth-order valence-electron chi connectivity index (χ4n) is 2.51. The van der Waals surface area contributed by atoms with Crippen molar-refractivity contribution in [3.05, 3.63) is 54.1 Å². The van der Waals surface area contributed by atoms with Gasteiger partial charge in [-0.15, -0.1) is 5.10 Å². The monoisotopic (exact) mass is 352 g/mol. The third-order valence-corrected chi connectivity index (χ3v) is 3.92. The van der Waals surface area contributed by atoms with Crippen molar-refractivity contribution in [2.45, 2.75) is 6.54 Å². The van der Waals surface area contributed by atoms with Crippen molar-refractivity contribution >= 4 is 11.7 Å². The molecule has 0 spiro atoms. The molecular formula is C18H20N6O2. The highest BCUT2D eigenvalue weighted by atomic mass is 16.5. The molecule has 3 aromatic rings. The Morgan fingerprint density at radius 2 is 2.00 bits per heavy atom. The van der Waals surface area contributed by atoms with Crippen LogP contribution in [0.3, 0.4) is 0 Å². The number of rotatable bonds is 5. The van der Waals surface area contributed by atoms with Gasteiger partial charge in [0.25, 0.3) is 0 Å². The zero-order valence-corrected chi connectivity index (χ0v) is 14.9. The van der Waals surface area contributed by atoms with Gasteiger partial charge in [0.1, 0.15) is 5.75 Å². The van der Waals surface area contributed by atoms with Crippen LogP contribution in [0.1, 0.15) is 5.56 Å². The molecule has 0 atom stereocenters. The highest BCUT2D eigenvalue weighted by Gasteiger charge is 2.11. The first kappa shape index (κ1) is 17.4. The van der Waals surface area contributed by atoms with Crippen LogP contribution in [0, 0.1) is 0 Å². The van der Waals surface area contributed by atoms with Gasteiger partial charge in [-0.3, -0.25) is 0 Å². The molecule has 0 bridgehead atoms. The lowest BCUT2D eigenvalue weighted by molar-refractivity contribution is 0.220. The molecule has 0 fully saturated rings. The second-order valence-electron chi connectivity index (χ2n) is 5.84. The van der Waals surface area contributed by atoms with Crippen molar-refractivity contribution in [1.29, 1.82) is 0 Å². The molecule has 0 unspecified atom stereocenters. The fourth-order valence-corrected chi connectivity index (χ4v) is 2.51. The van der Waals surface area contributed by atoms with Crippen molar-refractivity contribution in [2.75, 3.05) is 19.5 Å². The third kappa shape index (κ3) is 3.97. The van der Waals surface area contributed by atoms with E-state index in [1.165, 1.54) is 0 Å². The zero-order chi connectivity index (χ0) is 18.5. The van der Waals surface area contributed by atoms with Crippen LogP contribution < -0.4 is 10.1 Å². The standard InChI is InChI=1S/C18H20N6O2/c1-23(12-13-7-9-16(26-3)10-8-13)18(25)19-15-6-4-5-14(11-15)17-20-21-22-24(17)2/h4-11H,12H2,1-3H3,(H,19,25). The Hall–Kier alpha value is -3.42. The molecule has 26 heavy (non-hydrogen) atoms. The first-order chi connectivity index (χ1) is 12.6. The van der Waals surface area contributed by atoms with Gasteiger partial charge in [-0.2, -0.15) is 0 Å². The number of aromatic nitrogens is 4. The molecule has 2 aromatic carbocycles. The zero-order valence-electron chi connectivity index (χ0n) is 14.9. The van der Waals surface area contributed by atoms with Crippen LogP contribution in [-0.4, -0.2) is 45.3 Å². The van der Waals surface area contributed by atoms with Crippen molar-refractivity contribution in [2.24, 2.45) is 7.05 Å². The Bertz CT molecular complexity index is 891. The largest absolute Gasteiger partial charge is 0.497 e. The van der Waals surface area contributed by atoms with Gasteiger partial charge in [0, 0.05) is 31.9 Å². The summed E-state index contributed by atoms with van der Waals surface area (Å²) in [4.78, 5) is 14.1. The second-order valence-corrected chi connectivity index (χ2v) is 5.84. The number of carbonyl (C=O) groups is 1. The molecule has 0 radical (unpaired) electrons. The average molecular weight is 352 g/mol. The van der Waals surface area contributed by atoms with E-state index in [-0.39, 0.29) is 6.03 Å². The van der Waals surface area contributed by atoms with Crippen molar-refractivity contribution in [3.8, 4) is 17.1 Å². The van der Waals surface area contributed by atoms with E-state index < -0.39 is 0 Å². The minimum atomic E-state index is -0.200. The molecule has 8 heteroatoms. The number of aryl methyl sites for hydroxylation is 1. The summed E-state index contributed by atoms with van der Waals surface area (Å²) in [5.41, 5.74) is 2.52. The normalized spacial score (nSPS) is 10.4. The van der Waals surface area contributed by atoms with Crippen molar-refractivity contribution in [1.82, 2.24) is 25.1 Å². The van der Waals surface area contributed by atoms with E-state index in [1.54, 1.807) is 30.8 Å². The van der Waals surface area contributed by atoms with Gasteiger partial charge in [-0.05, 0) is 40.3 Å². The molecule has 3 rings (SSSR count). The SMILES string of the molecule is COc1ccc(CN(C)C(=O)Nc2cccc(-c3nnnn3C)c2)cc1. The van der Waals surface area contributed by atoms with Gasteiger partial charge in [0.2, 0.25) is 0 Å². The number of hydrogen-bond acceptors (Lipinski definition) is 5. The number of ether oxygens (including phenoxy) is 1. The number of amides is 2. The average Bonchev–Trinajstić information content (AvgIpc) is 3.08. The van der Waals surface area contributed by atoms with E-state index in [9.17, 15) is 4.79 Å². The summed E-state index contributed by atoms with van der Waals surface area (Å²) in [5, 5.41) is 14.3. The van der Waals surface area contributed by atoms with E-state index in [1.807, 2.05) is 48.5 Å². The van der Waals surface area contributed by atoms with Gasteiger partial charge < -0.3 is 15.0 Å². The molecule has 0 aliphatic heterocycles. The molecular weight excluding hydrogens is 332 g/mol. The Morgan fingerprint density at radius 3 is 2.65 bits per heavy atom. The number of nitrogens with zero attached hydrogens (tertiary/aromatic N) is 5. The number of methoxy groups -OCH3 is 1. The Balaban J connectivity index is 1.66. The Kier molecular flexibility index (Phi) is 5.12. The van der Waals surface area contributed by atoms with E-state index in [0.29, 0.717) is 18.1 Å². The van der Waals surface area contributed by atoms with Crippen LogP contribution in [-0.2, 0) is 13.6 Å². The molecule has 0 saturated carbocycles. The maximum absolute atomic E-state index is 12.4. The van der Waals surface area contributed by atoms with Gasteiger partial charge in [0.05, 0.1) is 7.11 Å². The summed E-state index contributed by atoms with van der Waals surface area (Å²) in [6.45, 7) is 0.489. The van der Waals surface area contributed by atoms with Crippen LogP contribution in [0.5, 0.6) is 5.75 Å². The number of hydrogen-bond donors (Lipinski definition) is 1. The number of carbonyl (C=O) groups excluding carboxylic acids is 1. The second kappa shape index (κ2) is 7.64. The minimum Gasteiger partial charge on any atom is -0.497 e. The quantitative estimate of drug-likeness (QED) is 0.763. The van der Waals surface area contributed by atoms with Gasteiger partial charge in [-0.25, -0.2) is 9.48 Å². The minimum absolute atomic E-state index is 0.200. The molecule has 1 heterocycles. The lowest BCUT2D eigenvalue weighted by Gasteiger charge is -2.18. The lowest BCUT2D eigenvalue weighted by atomic mass is 10.2. The maximum atomic E-state index is 12.4. The summed E-state index contributed by atoms with van der Waals surface area (Å²) in [5.74, 6) is 1.42. The molecule has 1 N–H and O–H groups in total. The first-order valence-corrected chi connectivity index (χ1v) is 8.04. The Labute approximate surface area is 151 Å². The van der Waals surface area contributed by atoms with Gasteiger partial charge in [0.15, 0.2) is 5.82 Å². The molecule has 0 saturated heterocycles. The molecule has 0 aliphatic carbocycles. The molecule has 2 amide bonds. The van der Waals surface area contributed by atoms with Crippen LogP contribution in [0.15, 0.2) is 48.5 Å². The van der Waals surface area contributed by atoms with Crippen molar-refractivity contribution < 1.29 is 9.53 Å². The molecule has 134 valence electrons. The summed E-state index contributed by atoms with van der Waals surface area (Å²) < 4.78 is 6.72. The highest BCUT2D eigenvalue weighted by Crippen LogP contribution is 2.20. The number of urea groups is 1. The van der Waals surface area contributed by atoms with Crippen LogP contribution >= 0.6 is 0 Å². The number of nitrogens with one attached hydrogen (secondary N) is 1. The van der Waals surface area contributed by atoms with Crippen LogP contribution in [0.4, 0.5) is 10.5 Å². The van der Waals surface area contributed by atoms with Crippen molar-refractivity contribution in [3.63, 3.8) is 0 Å². The number of anilines is 1. The smallest absolute Gasteiger partial charge is 0.321 e. The predicted octanol–water partition coefficient (Wildman–Crippen LogP) is 2.55. The summed E-state index contributed by atoms with van der Waals surface area (Å²) in [7, 11) is 5.14. The maximum Gasteiger partial charge on any atom is 0.321 e. The predicted molar refractivity (Wildman–Crippen MR) is 97.7 cm³/mol. The van der Waals surface area contributed by atoms with Crippen LogP contribution in [0.25, 0.3) is 11.4 Å². The molecule has 0 aliphatic rings. The third-order valence-electron chi connectivity index (χ3n) is 3.92. The number of tetrazole rings is 1. The molecule has 1 aromatic heterocycles. The summed E-state index contributed by atoms with van der Waals surface area (Å²) >= 11 is 0.